The van der Waals surface area contributed by atoms with Crippen molar-refractivity contribution in [1.29, 1.82) is 0 Å². The van der Waals surface area contributed by atoms with E-state index in [1.165, 1.54) is 32.4 Å². The first kappa shape index (κ1) is 13.4. The van der Waals surface area contributed by atoms with Crippen molar-refractivity contribution in [3.63, 3.8) is 0 Å². The Morgan fingerprint density at radius 1 is 1.10 bits per heavy atom. The second-order valence-corrected chi connectivity index (χ2v) is 5.41. The van der Waals surface area contributed by atoms with Gasteiger partial charge in [-0.2, -0.15) is 9.97 Å². The summed E-state index contributed by atoms with van der Waals surface area (Å²) in [5.74, 6) is 1.65. The minimum Gasteiger partial charge on any atom is -0.481 e. The van der Waals surface area contributed by atoms with Crippen LogP contribution in [0.15, 0.2) is 6.07 Å². The third-order valence-corrected chi connectivity index (χ3v) is 4.27. The van der Waals surface area contributed by atoms with Crippen molar-refractivity contribution in [1.82, 2.24) is 14.9 Å². The van der Waals surface area contributed by atoms with Crippen molar-refractivity contribution < 1.29 is 9.47 Å². The van der Waals surface area contributed by atoms with Crippen molar-refractivity contribution in [3.8, 4) is 11.8 Å². The summed E-state index contributed by atoms with van der Waals surface area (Å²) in [7, 11) is 3.20. The molecule has 20 heavy (non-hydrogen) atoms. The van der Waals surface area contributed by atoms with Gasteiger partial charge in [0.15, 0.2) is 0 Å². The lowest BCUT2D eigenvalue weighted by atomic mass is 9.99. The number of rotatable bonds is 4. The minimum absolute atomic E-state index is 0.423. The van der Waals surface area contributed by atoms with Crippen LogP contribution in [0.2, 0.25) is 0 Å². The Morgan fingerprint density at radius 2 is 1.85 bits per heavy atom. The summed E-state index contributed by atoms with van der Waals surface area (Å²) in [6.45, 7) is 2.40. The van der Waals surface area contributed by atoms with Gasteiger partial charge in [-0.1, -0.05) is 6.42 Å². The Hall–Kier alpha value is -1.56. The summed E-state index contributed by atoms with van der Waals surface area (Å²) >= 11 is 0. The summed E-state index contributed by atoms with van der Waals surface area (Å²) in [5.41, 5.74) is 0. The fraction of sp³-hybridized carbons (Fsp3) is 0.714. The highest BCUT2D eigenvalue weighted by atomic mass is 16.5. The van der Waals surface area contributed by atoms with Crippen molar-refractivity contribution >= 4 is 5.95 Å². The van der Waals surface area contributed by atoms with Gasteiger partial charge in [0.25, 0.3) is 0 Å². The van der Waals surface area contributed by atoms with E-state index in [0.717, 1.165) is 6.42 Å². The van der Waals surface area contributed by atoms with Gasteiger partial charge >= 0.3 is 0 Å². The number of piperidine rings is 1. The Labute approximate surface area is 119 Å². The molecule has 2 atom stereocenters. The highest BCUT2D eigenvalue weighted by molar-refractivity contribution is 5.35. The molecule has 1 aromatic heterocycles. The van der Waals surface area contributed by atoms with Gasteiger partial charge in [-0.05, 0) is 25.8 Å². The monoisotopic (exact) mass is 278 g/mol. The molecule has 3 heterocycles. The molecular weight excluding hydrogens is 256 g/mol. The van der Waals surface area contributed by atoms with Gasteiger partial charge in [0.2, 0.25) is 17.7 Å². The van der Waals surface area contributed by atoms with Crippen molar-refractivity contribution in [2.75, 3.05) is 32.6 Å². The maximum absolute atomic E-state index is 5.19. The minimum atomic E-state index is 0.423. The van der Waals surface area contributed by atoms with Crippen LogP contribution in [0.4, 0.5) is 5.95 Å². The lowest BCUT2D eigenvalue weighted by Crippen LogP contribution is -2.42. The number of methoxy groups -OCH3 is 2. The second kappa shape index (κ2) is 5.83. The van der Waals surface area contributed by atoms with Gasteiger partial charge < -0.3 is 14.8 Å². The Morgan fingerprint density at radius 3 is 2.55 bits per heavy atom. The smallest absolute Gasteiger partial charge is 0.229 e. The molecule has 0 saturated carbocycles. The quantitative estimate of drug-likeness (QED) is 0.901. The van der Waals surface area contributed by atoms with Crippen molar-refractivity contribution in [2.24, 2.45) is 0 Å². The molecule has 2 fully saturated rings. The normalized spacial score (nSPS) is 26.1. The number of hydrogen-bond acceptors (Lipinski definition) is 6. The Bertz CT molecular complexity index is 446. The molecule has 3 rings (SSSR count). The van der Waals surface area contributed by atoms with Crippen LogP contribution in [0.25, 0.3) is 0 Å². The first-order valence-corrected chi connectivity index (χ1v) is 7.28. The van der Waals surface area contributed by atoms with Crippen LogP contribution in [0.3, 0.4) is 0 Å². The Balaban J connectivity index is 1.74. The standard InChI is InChI=1S/C14H22N4O2/c1-19-12-9-13(20-2)17-14(16-12)15-10-6-8-18-7-4-3-5-11(10)18/h9-11H,3-8H2,1-2H3,(H,15,16,17). The highest BCUT2D eigenvalue weighted by Crippen LogP contribution is 2.29. The molecule has 6 heteroatoms. The molecule has 0 aromatic carbocycles. The summed E-state index contributed by atoms with van der Waals surface area (Å²) in [6.07, 6.45) is 5.06. The maximum Gasteiger partial charge on any atom is 0.229 e. The van der Waals surface area contributed by atoms with E-state index < -0.39 is 0 Å². The molecule has 6 nitrogen and oxygen atoms in total. The zero-order valence-electron chi connectivity index (χ0n) is 12.1. The van der Waals surface area contributed by atoms with E-state index in [0.29, 0.717) is 29.8 Å². The molecule has 0 bridgehead atoms. The largest absolute Gasteiger partial charge is 0.481 e. The first-order valence-electron chi connectivity index (χ1n) is 7.28. The van der Waals surface area contributed by atoms with Gasteiger partial charge in [-0.15, -0.1) is 0 Å². The topological polar surface area (TPSA) is 59.5 Å². The molecular formula is C14H22N4O2. The number of anilines is 1. The van der Waals surface area contributed by atoms with Crippen LogP contribution >= 0.6 is 0 Å². The van der Waals surface area contributed by atoms with E-state index >= 15 is 0 Å². The highest BCUT2D eigenvalue weighted by Gasteiger charge is 2.35. The molecule has 0 spiro atoms. The zero-order valence-corrected chi connectivity index (χ0v) is 12.1. The predicted molar refractivity (Wildman–Crippen MR) is 76.4 cm³/mol. The summed E-state index contributed by atoms with van der Waals surface area (Å²) in [5, 5.41) is 3.47. The van der Waals surface area contributed by atoms with Crippen LogP contribution in [-0.4, -0.2) is 54.3 Å². The van der Waals surface area contributed by atoms with Gasteiger partial charge in [-0.25, -0.2) is 0 Å². The van der Waals surface area contributed by atoms with E-state index in [4.69, 9.17) is 9.47 Å². The molecule has 2 saturated heterocycles. The molecule has 0 aliphatic carbocycles. The van der Waals surface area contributed by atoms with Gasteiger partial charge in [0.05, 0.1) is 20.3 Å². The Kier molecular flexibility index (Phi) is 3.91. The predicted octanol–water partition coefficient (Wildman–Crippen LogP) is 1.53. The van der Waals surface area contributed by atoms with Crippen molar-refractivity contribution in [3.05, 3.63) is 6.07 Å². The molecule has 2 aliphatic rings. The molecule has 2 unspecified atom stereocenters. The van der Waals surface area contributed by atoms with Crippen LogP contribution in [0, 0.1) is 0 Å². The molecule has 0 amide bonds. The lowest BCUT2D eigenvalue weighted by Gasteiger charge is -2.32. The SMILES string of the molecule is COc1cc(OC)nc(NC2CCN3CCCCC23)n1. The van der Waals surface area contributed by atoms with Crippen LogP contribution in [0.5, 0.6) is 11.8 Å². The average molecular weight is 278 g/mol. The fourth-order valence-corrected chi connectivity index (χ4v) is 3.26. The maximum atomic E-state index is 5.19. The van der Waals surface area contributed by atoms with E-state index in [1.807, 2.05) is 0 Å². The van der Waals surface area contributed by atoms with Gasteiger partial charge in [0.1, 0.15) is 0 Å². The average Bonchev–Trinajstić information content (AvgIpc) is 2.90. The van der Waals surface area contributed by atoms with E-state index in [2.05, 4.69) is 20.2 Å². The van der Waals surface area contributed by atoms with E-state index in [9.17, 15) is 0 Å². The number of hydrogen-bond donors (Lipinski definition) is 1. The first-order chi connectivity index (χ1) is 9.80. The molecule has 110 valence electrons. The molecule has 1 N–H and O–H groups in total. The van der Waals surface area contributed by atoms with Gasteiger partial charge in [0, 0.05) is 18.6 Å². The molecule has 0 radical (unpaired) electrons. The van der Waals surface area contributed by atoms with Crippen LogP contribution in [0.1, 0.15) is 25.7 Å². The summed E-state index contributed by atoms with van der Waals surface area (Å²) in [6, 6.07) is 2.73. The summed E-state index contributed by atoms with van der Waals surface area (Å²) < 4.78 is 10.4. The summed E-state index contributed by atoms with van der Waals surface area (Å²) in [4.78, 5) is 11.3. The van der Waals surface area contributed by atoms with E-state index in [1.54, 1.807) is 20.3 Å². The molecule has 2 aliphatic heterocycles. The third-order valence-electron chi connectivity index (χ3n) is 4.27. The van der Waals surface area contributed by atoms with Gasteiger partial charge in [-0.3, -0.25) is 4.90 Å². The fourth-order valence-electron chi connectivity index (χ4n) is 3.26. The second-order valence-electron chi connectivity index (χ2n) is 5.41. The number of ether oxygens (including phenoxy) is 2. The van der Waals surface area contributed by atoms with E-state index in [-0.39, 0.29) is 0 Å². The third kappa shape index (κ3) is 2.65. The number of nitrogens with one attached hydrogen (secondary N) is 1. The number of fused-ring (bicyclic) bond motifs is 1. The zero-order chi connectivity index (χ0) is 13.9. The number of nitrogens with zero attached hydrogens (tertiary/aromatic N) is 3. The van der Waals surface area contributed by atoms with Crippen molar-refractivity contribution in [2.45, 2.75) is 37.8 Å². The lowest BCUT2D eigenvalue weighted by molar-refractivity contribution is 0.192. The van der Waals surface area contributed by atoms with Crippen LogP contribution in [-0.2, 0) is 0 Å². The van der Waals surface area contributed by atoms with Crippen LogP contribution < -0.4 is 14.8 Å². The molecule has 1 aromatic rings. The number of aromatic nitrogens is 2.